The molecule has 2 heterocycles. The maximum absolute atomic E-state index is 12.2. The van der Waals surface area contributed by atoms with Gasteiger partial charge < -0.3 is 0 Å². The molecule has 0 spiro atoms. The quantitative estimate of drug-likeness (QED) is 0.907. The highest BCUT2D eigenvalue weighted by Gasteiger charge is 2.29. The van der Waals surface area contributed by atoms with Gasteiger partial charge in [-0.05, 0) is 30.2 Å². The molecule has 19 heavy (non-hydrogen) atoms. The lowest BCUT2D eigenvalue weighted by Gasteiger charge is -2.06. The summed E-state index contributed by atoms with van der Waals surface area (Å²) in [5.74, 6) is -0.0199. The first-order chi connectivity index (χ1) is 9.20. The average molecular weight is 282 g/mol. The zero-order valence-corrected chi connectivity index (χ0v) is 11.0. The van der Waals surface area contributed by atoms with Gasteiger partial charge in [0, 0.05) is 6.54 Å². The van der Waals surface area contributed by atoms with Crippen molar-refractivity contribution in [2.24, 2.45) is 0 Å². The lowest BCUT2D eigenvalue weighted by molar-refractivity contribution is 0.101. The number of hydrogen-bond acceptors (Lipinski definition) is 5. The van der Waals surface area contributed by atoms with Gasteiger partial charge in [0.25, 0.3) is 5.91 Å². The molecule has 9 heteroatoms. The van der Waals surface area contributed by atoms with E-state index in [-0.39, 0.29) is 11.9 Å². The second-order valence-corrected chi connectivity index (χ2v) is 4.70. The number of carbonyl (C=O) groups is 1. The van der Waals surface area contributed by atoms with Crippen molar-refractivity contribution in [3.05, 3.63) is 16.9 Å². The van der Waals surface area contributed by atoms with Crippen LogP contribution in [-0.4, -0.2) is 35.9 Å². The number of tetrazole rings is 1. The van der Waals surface area contributed by atoms with Crippen LogP contribution in [0.4, 0.5) is 5.95 Å². The molecule has 0 saturated heterocycles. The summed E-state index contributed by atoms with van der Waals surface area (Å²) in [4.78, 5) is 12.2. The molecule has 0 radical (unpaired) electrons. The molecule has 1 aliphatic rings. The van der Waals surface area contributed by atoms with Crippen molar-refractivity contribution in [3.8, 4) is 0 Å². The van der Waals surface area contributed by atoms with Gasteiger partial charge in [-0.25, -0.2) is 4.68 Å². The predicted molar refractivity (Wildman–Crippen MR) is 67.0 cm³/mol. The third-order valence-corrected chi connectivity index (χ3v) is 3.20. The van der Waals surface area contributed by atoms with Crippen LogP contribution >= 0.6 is 11.6 Å². The van der Waals surface area contributed by atoms with Gasteiger partial charge in [0.2, 0.25) is 5.95 Å². The Morgan fingerprint density at radius 3 is 3.05 bits per heavy atom. The van der Waals surface area contributed by atoms with Crippen molar-refractivity contribution < 1.29 is 4.79 Å². The standard InChI is InChI=1S/C10H12ClN7O/c1-2-17-8(7(11)5-12-17)9(19)13-10-14-15-16-18(10)6-3-4-6/h5-6H,2-4H2,1H3,(H,13,14,16,19). The molecular weight excluding hydrogens is 270 g/mol. The number of nitrogens with zero attached hydrogens (tertiary/aromatic N) is 6. The maximum Gasteiger partial charge on any atom is 0.277 e. The van der Waals surface area contributed by atoms with Crippen molar-refractivity contribution >= 4 is 23.5 Å². The first-order valence-electron chi connectivity index (χ1n) is 6.01. The van der Waals surface area contributed by atoms with E-state index < -0.39 is 0 Å². The third kappa shape index (κ3) is 2.19. The summed E-state index contributed by atoms with van der Waals surface area (Å²) >= 11 is 5.97. The van der Waals surface area contributed by atoms with Gasteiger partial charge in [0.15, 0.2) is 0 Å². The van der Waals surface area contributed by atoms with E-state index in [0.29, 0.717) is 23.2 Å². The van der Waals surface area contributed by atoms with Crippen molar-refractivity contribution in [3.63, 3.8) is 0 Å². The fourth-order valence-electron chi connectivity index (χ4n) is 1.83. The average Bonchev–Trinajstić information content (AvgIpc) is 3.02. The number of amides is 1. The number of aryl methyl sites for hydroxylation is 1. The Balaban J connectivity index is 1.84. The van der Waals surface area contributed by atoms with E-state index in [2.05, 4.69) is 25.9 Å². The molecule has 1 aliphatic carbocycles. The number of halogens is 1. The summed E-state index contributed by atoms with van der Waals surface area (Å²) in [6.45, 7) is 2.44. The minimum atomic E-state index is -0.360. The van der Waals surface area contributed by atoms with Crippen LogP contribution in [0.15, 0.2) is 6.20 Å². The predicted octanol–water partition coefficient (Wildman–Crippen LogP) is 1.13. The largest absolute Gasteiger partial charge is 0.288 e. The van der Waals surface area contributed by atoms with E-state index in [1.165, 1.54) is 10.9 Å². The van der Waals surface area contributed by atoms with Crippen molar-refractivity contribution in [2.75, 3.05) is 5.32 Å². The first-order valence-corrected chi connectivity index (χ1v) is 6.39. The number of rotatable bonds is 4. The van der Waals surface area contributed by atoms with Crippen LogP contribution in [0.3, 0.4) is 0 Å². The SMILES string of the molecule is CCn1ncc(Cl)c1C(=O)Nc1nnnn1C1CC1. The van der Waals surface area contributed by atoms with Crippen molar-refractivity contribution in [1.29, 1.82) is 0 Å². The molecule has 8 nitrogen and oxygen atoms in total. The zero-order chi connectivity index (χ0) is 13.4. The van der Waals surface area contributed by atoms with Crippen LogP contribution < -0.4 is 5.32 Å². The molecule has 1 amide bonds. The lowest BCUT2D eigenvalue weighted by Crippen LogP contribution is -2.20. The molecule has 100 valence electrons. The van der Waals surface area contributed by atoms with Crippen LogP contribution in [0.1, 0.15) is 36.3 Å². The Bertz CT molecular complexity index is 615. The van der Waals surface area contributed by atoms with E-state index >= 15 is 0 Å². The van der Waals surface area contributed by atoms with E-state index in [0.717, 1.165) is 12.8 Å². The fourth-order valence-corrected chi connectivity index (χ4v) is 2.06. The number of aromatic nitrogens is 6. The number of anilines is 1. The van der Waals surface area contributed by atoms with E-state index in [1.54, 1.807) is 4.68 Å². The summed E-state index contributed by atoms with van der Waals surface area (Å²) in [6, 6.07) is 0.289. The Morgan fingerprint density at radius 2 is 2.37 bits per heavy atom. The highest BCUT2D eigenvalue weighted by Crippen LogP contribution is 2.35. The van der Waals surface area contributed by atoms with Crippen LogP contribution in [0, 0.1) is 0 Å². The summed E-state index contributed by atoms with van der Waals surface area (Å²) in [5, 5.41) is 18.3. The molecule has 1 fully saturated rings. The van der Waals surface area contributed by atoms with E-state index in [1.807, 2.05) is 6.92 Å². The molecule has 0 bridgehead atoms. The summed E-state index contributed by atoms with van der Waals surface area (Å²) < 4.78 is 3.15. The van der Waals surface area contributed by atoms with Gasteiger partial charge in [0.1, 0.15) is 5.69 Å². The Hall–Kier alpha value is -1.96. The van der Waals surface area contributed by atoms with Gasteiger partial charge in [-0.1, -0.05) is 16.7 Å². The molecule has 2 aromatic heterocycles. The minimum absolute atomic E-state index is 0.289. The van der Waals surface area contributed by atoms with Gasteiger partial charge in [-0.15, -0.1) is 0 Å². The Morgan fingerprint density at radius 1 is 1.58 bits per heavy atom. The highest BCUT2D eigenvalue weighted by molar-refractivity contribution is 6.34. The second-order valence-electron chi connectivity index (χ2n) is 4.29. The molecule has 0 unspecified atom stereocenters. The molecule has 3 rings (SSSR count). The summed E-state index contributed by atoms with van der Waals surface area (Å²) in [5.41, 5.74) is 0.314. The van der Waals surface area contributed by atoms with E-state index in [9.17, 15) is 4.79 Å². The minimum Gasteiger partial charge on any atom is -0.288 e. The Labute approximate surface area is 113 Å². The molecular formula is C10H12ClN7O. The molecule has 0 aliphatic heterocycles. The summed E-state index contributed by atoms with van der Waals surface area (Å²) in [7, 11) is 0. The number of nitrogens with one attached hydrogen (secondary N) is 1. The van der Waals surface area contributed by atoms with Crippen LogP contribution in [0.25, 0.3) is 0 Å². The van der Waals surface area contributed by atoms with Crippen molar-refractivity contribution in [2.45, 2.75) is 32.4 Å². The van der Waals surface area contributed by atoms with Crippen LogP contribution in [0.5, 0.6) is 0 Å². The second kappa shape index (κ2) is 4.61. The fraction of sp³-hybridized carbons (Fsp3) is 0.500. The van der Waals surface area contributed by atoms with Crippen LogP contribution in [0.2, 0.25) is 5.02 Å². The third-order valence-electron chi connectivity index (χ3n) is 2.92. The Kier molecular flexibility index (Phi) is 2.94. The number of carbonyl (C=O) groups excluding carboxylic acids is 1. The molecule has 0 atom stereocenters. The molecule has 1 saturated carbocycles. The lowest BCUT2D eigenvalue weighted by atomic mass is 10.4. The topological polar surface area (TPSA) is 90.5 Å². The number of hydrogen-bond donors (Lipinski definition) is 1. The first kappa shape index (κ1) is 12.1. The maximum atomic E-state index is 12.2. The monoisotopic (exact) mass is 281 g/mol. The van der Waals surface area contributed by atoms with Gasteiger partial charge >= 0.3 is 0 Å². The zero-order valence-electron chi connectivity index (χ0n) is 10.2. The van der Waals surface area contributed by atoms with E-state index in [4.69, 9.17) is 11.6 Å². The summed E-state index contributed by atoms with van der Waals surface area (Å²) in [6.07, 6.45) is 3.51. The van der Waals surface area contributed by atoms with Gasteiger partial charge in [0.05, 0.1) is 17.3 Å². The highest BCUT2D eigenvalue weighted by atomic mass is 35.5. The molecule has 0 aromatic carbocycles. The van der Waals surface area contributed by atoms with Gasteiger partial charge in [-0.3, -0.25) is 14.8 Å². The smallest absolute Gasteiger partial charge is 0.277 e. The van der Waals surface area contributed by atoms with Gasteiger partial charge in [-0.2, -0.15) is 5.10 Å². The molecule has 2 aromatic rings. The molecule has 1 N–H and O–H groups in total. The van der Waals surface area contributed by atoms with Crippen LogP contribution in [-0.2, 0) is 6.54 Å². The van der Waals surface area contributed by atoms with Crippen molar-refractivity contribution in [1.82, 2.24) is 30.0 Å². The normalized spacial score (nSPS) is 14.6.